The van der Waals surface area contributed by atoms with Crippen molar-refractivity contribution in [2.45, 2.75) is 20.4 Å². The van der Waals surface area contributed by atoms with Crippen molar-refractivity contribution >= 4 is 23.2 Å². The number of hydrogen-bond donors (Lipinski definition) is 0. The summed E-state index contributed by atoms with van der Waals surface area (Å²) in [5.74, 6) is -0.0232. The molecule has 0 spiro atoms. The van der Waals surface area contributed by atoms with Crippen LogP contribution in [0.2, 0.25) is 5.02 Å². The van der Waals surface area contributed by atoms with E-state index in [9.17, 15) is 4.79 Å². The summed E-state index contributed by atoms with van der Waals surface area (Å²) in [5.41, 5.74) is 4.48. The smallest absolute Gasteiger partial charge is 0.257 e. The van der Waals surface area contributed by atoms with Gasteiger partial charge in [-0.05, 0) is 49.7 Å². The molecule has 0 N–H and O–H groups in total. The minimum atomic E-state index is -0.0232. The average Bonchev–Trinajstić information content (AvgIpc) is 3.07. The Labute approximate surface area is 171 Å². The monoisotopic (exact) mass is 396 g/mol. The Bertz CT molecular complexity index is 963. The summed E-state index contributed by atoms with van der Waals surface area (Å²) in [4.78, 5) is 17.0. The molecule has 0 unspecified atom stereocenters. The highest BCUT2D eigenvalue weighted by molar-refractivity contribution is 6.30. The van der Waals surface area contributed by atoms with Gasteiger partial charge in [-0.15, -0.1) is 0 Å². The zero-order chi connectivity index (χ0) is 20.3. The molecule has 3 aromatic rings. The van der Waals surface area contributed by atoms with Crippen molar-refractivity contribution in [1.29, 1.82) is 0 Å². The van der Waals surface area contributed by atoms with E-state index in [2.05, 4.69) is 34.3 Å². The highest BCUT2D eigenvalue weighted by Crippen LogP contribution is 2.20. The number of nitrogens with zero attached hydrogens (tertiary/aromatic N) is 4. The van der Waals surface area contributed by atoms with E-state index in [1.165, 1.54) is 0 Å². The van der Waals surface area contributed by atoms with Crippen molar-refractivity contribution in [3.8, 4) is 5.69 Å². The van der Waals surface area contributed by atoms with Gasteiger partial charge in [0.25, 0.3) is 5.91 Å². The molecule has 0 aliphatic carbocycles. The number of benzene rings is 2. The summed E-state index contributed by atoms with van der Waals surface area (Å²) in [6.07, 6.45) is 1.64. The first-order valence-corrected chi connectivity index (χ1v) is 9.64. The topological polar surface area (TPSA) is 41.4 Å². The number of carbonyl (C=O) groups excluding carboxylic acids is 1. The fraction of sp³-hybridized carbons (Fsp3) is 0.273. The van der Waals surface area contributed by atoms with Gasteiger partial charge in [0.15, 0.2) is 0 Å². The lowest BCUT2D eigenvalue weighted by Gasteiger charge is -2.21. The maximum atomic E-state index is 13.1. The van der Waals surface area contributed by atoms with Crippen LogP contribution in [0.4, 0.5) is 5.69 Å². The van der Waals surface area contributed by atoms with Crippen LogP contribution < -0.4 is 4.90 Å². The molecule has 2 aromatic carbocycles. The second kappa shape index (κ2) is 8.48. The highest BCUT2D eigenvalue weighted by atomic mass is 35.5. The second-order valence-corrected chi connectivity index (χ2v) is 7.35. The molecule has 1 aromatic heterocycles. The normalized spacial score (nSPS) is 10.8. The lowest BCUT2D eigenvalue weighted by atomic mass is 10.1. The van der Waals surface area contributed by atoms with Crippen molar-refractivity contribution < 1.29 is 4.79 Å². The maximum Gasteiger partial charge on any atom is 0.257 e. The third kappa shape index (κ3) is 4.20. The van der Waals surface area contributed by atoms with Crippen molar-refractivity contribution in [2.75, 3.05) is 25.5 Å². The van der Waals surface area contributed by atoms with Gasteiger partial charge in [0.05, 0.1) is 23.1 Å². The van der Waals surface area contributed by atoms with Crippen LogP contribution in [0.1, 0.15) is 28.5 Å². The van der Waals surface area contributed by atoms with E-state index in [0.29, 0.717) is 23.7 Å². The lowest BCUT2D eigenvalue weighted by Crippen LogP contribution is -2.30. The van der Waals surface area contributed by atoms with Crippen LogP contribution in [0.5, 0.6) is 0 Å². The Kier molecular flexibility index (Phi) is 6.05. The molecule has 0 saturated heterocycles. The Morgan fingerprint density at radius 3 is 2.46 bits per heavy atom. The van der Waals surface area contributed by atoms with Gasteiger partial charge in [-0.1, -0.05) is 29.8 Å². The van der Waals surface area contributed by atoms with Gasteiger partial charge < -0.3 is 9.80 Å². The summed E-state index contributed by atoms with van der Waals surface area (Å²) in [6.45, 7) is 5.07. The van der Waals surface area contributed by atoms with Crippen LogP contribution in [-0.4, -0.2) is 41.2 Å². The number of rotatable bonds is 6. The van der Waals surface area contributed by atoms with E-state index in [0.717, 1.165) is 22.6 Å². The minimum absolute atomic E-state index is 0.0232. The van der Waals surface area contributed by atoms with Gasteiger partial charge >= 0.3 is 0 Å². The first-order valence-electron chi connectivity index (χ1n) is 9.26. The molecule has 0 fully saturated rings. The fourth-order valence-electron chi connectivity index (χ4n) is 3.11. The summed E-state index contributed by atoms with van der Waals surface area (Å²) < 4.78 is 1.75. The van der Waals surface area contributed by atoms with E-state index in [-0.39, 0.29) is 5.91 Å². The Morgan fingerprint density at radius 2 is 1.86 bits per heavy atom. The molecule has 146 valence electrons. The maximum absolute atomic E-state index is 13.1. The number of anilines is 1. The first-order chi connectivity index (χ1) is 13.4. The third-order valence-electron chi connectivity index (χ3n) is 4.79. The zero-order valence-electron chi connectivity index (χ0n) is 16.7. The van der Waals surface area contributed by atoms with E-state index in [1.54, 1.807) is 10.9 Å². The highest BCUT2D eigenvalue weighted by Gasteiger charge is 2.20. The molecule has 28 heavy (non-hydrogen) atoms. The molecule has 0 atom stereocenters. The van der Waals surface area contributed by atoms with Gasteiger partial charge in [0, 0.05) is 37.9 Å². The molecule has 0 aliphatic heterocycles. The number of hydrogen-bond acceptors (Lipinski definition) is 3. The molecule has 1 amide bonds. The molecule has 3 rings (SSSR count). The summed E-state index contributed by atoms with van der Waals surface area (Å²) in [6, 6.07) is 15.7. The SMILES string of the molecule is CCN(Cc1ccc(N(C)C)cc1)C(=O)c1cnn(-c2cccc(Cl)c2)c1C. The summed E-state index contributed by atoms with van der Waals surface area (Å²) in [5, 5.41) is 5.04. The quantitative estimate of drug-likeness (QED) is 0.613. The Hall–Kier alpha value is -2.79. The zero-order valence-corrected chi connectivity index (χ0v) is 17.4. The summed E-state index contributed by atoms with van der Waals surface area (Å²) >= 11 is 6.09. The Morgan fingerprint density at radius 1 is 1.14 bits per heavy atom. The largest absolute Gasteiger partial charge is 0.378 e. The number of halogens is 1. The van der Waals surface area contributed by atoms with Gasteiger partial charge in [-0.3, -0.25) is 4.79 Å². The van der Waals surface area contributed by atoms with Gasteiger partial charge in [0.1, 0.15) is 0 Å². The molecule has 0 aliphatic rings. The average molecular weight is 397 g/mol. The third-order valence-corrected chi connectivity index (χ3v) is 5.02. The van der Waals surface area contributed by atoms with Gasteiger partial charge in [-0.25, -0.2) is 4.68 Å². The molecular formula is C22H25ClN4O. The van der Waals surface area contributed by atoms with E-state index in [1.807, 2.05) is 57.1 Å². The second-order valence-electron chi connectivity index (χ2n) is 6.92. The first kappa shape index (κ1) is 20.0. The lowest BCUT2D eigenvalue weighted by molar-refractivity contribution is 0.0752. The molecule has 6 heteroatoms. The van der Waals surface area contributed by atoms with Crippen molar-refractivity contribution in [3.05, 3.63) is 76.6 Å². The molecular weight excluding hydrogens is 372 g/mol. The summed E-state index contributed by atoms with van der Waals surface area (Å²) in [7, 11) is 4.02. The predicted molar refractivity (Wildman–Crippen MR) is 114 cm³/mol. The van der Waals surface area contributed by atoms with Gasteiger partial charge in [-0.2, -0.15) is 5.10 Å². The number of carbonyl (C=O) groups is 1. The van der Waals surface area contributed by atoms with Crippen LogP contribution in [0.15, 0.2) is 54.7 Å². The van der Waals surface area contributed by atoms with Crippen molar-refractivity contribution in [1.82, 2.24) is 14.7 Å². The van der Waals surface area contributed by atoms with Crippen LogP contribution in [0.3, 0.4) is 0 Å². The van der Waals surface area contributed by atoms with E-state index >= 15 is 0 Å². The molecule has 5 nitrogen and oxygen atoms in total. The van der Waals surface area contributed by atoms with Crippen molar-refractivity contribution in [3.63, 3.8) is 0 Å². The minimum Gasteiger partial charge on any atom is -0.378 e. The van der Waals surface area contributed by atoms with Crippen LogP contribution in [0.25, 0.3) is 5.69 Å². The Balaban J connectivity index is 1.81. The van der Waals surface area contributed by atoms with Crippen LogP contribution >= 0.6 is 11.6 Å². The molecule has 0 saturated carbocycles. The van der Waals surface area contributed by atoms with E-state index in [4.69, 9.17) is 11.6 Å². The number of aromatic nitrogens is 2. The standard InChI is InChI=1S/C22H25ClN4O/c1-5-26(15-17-9-11-19(12-10-17)25(3)4)22(28)21-14-24-27(16(21)2)20-8-6-7-18(23)13-20/h6-14H,5,15H2,1-4H3. The molecule has 1 heterocycles. The molecule has 0 radical (unpaired) electrons. The van der Waals surface area contributed by atoms with Crippen molar-refractivity contribution in [2.24, 2.45) is 0 Å². The van der Waals surface area contributed by atoms with Crippen LogP contribution in [0, 0.1) is 6.92 Å². The number of amides is 1. The molecule has 0 bridgehead atoms. The van der Waals surface area contributed by atoms with E-state index < -0.39 is 0 Å². The fourth-order valence-corrected chi connectivity index (χ4v) is 3.29. The van der Waals surface area contributed by atoms with Crippen LogP contribution in [-0.2, 0) is 6.54 Å². The van der Waals surface area contributed by atoms with Gasteiger partial charge in [0.2, 0.25) is 0 Å². The predicted octanol–water partition coefficient (Wildman–Crippen LogP) is 4.56.